The number of aromatic nitrogens is 3. The standard InChI is InChI=1S/C21H24ClN5O2/c1-15-13-16(2)27-20(24-15)19(14-23-27)21(28)26-9-7-25(8-10-26)11-12-29-18-5-3-17(22)4-6-18/h3-6,13-14H,7-12H2,1-2H3. The molecule has 1 amide bonds. The van der Waals surface area contributed by atoms with E-state index in [1.54, 1.807) is 10.7 Å². The van der Waals surface area contributed by atoms with Gasteiger partial charge in [-0.05, 0) is 44.2 Å². The minimum absolute atomic E-state index is 0.00503. The molecule has 1 aliphatic heterocycles. The first-order valence-electron chi connectivity index (χ1n) is 9.73. The van der Waals surface area contributed by atoms with Gasteiger partial charge in [0.05, 0.1) is 6.20 Å². The lowest BCUT2D eigenvalue weighted by Crippen LogP contribution is -2.49. The van der Waals surface area contributed by atoms with Crippen LogP contribution in [0.25, 0.3) is 5.65 Å². The molecule has 0 radical (unpaired) electrons. The predicted octanol–water partition coefficient (Wildman–Crippen LogP) is 2.84. The maximum atomic E-state index is 13.0. The molecule has 8 heteroatoms. The molecule has 1 fully saturated rings. The second kappa shape index (κ2) is 8.39. The third-order valence-electron chi connectivity index (χ3n) is 5.16. The first-order valence-corrected chi connectivity index (χ1v) is 10.1. The van der Waals surface area contributed by atoms with Gasteiger partial charge in [-0.1, -0.05) is 11.6 Å². The second-order valence-electron chi connectivity index (χ2n) is 7.27. The smallest absolute Gasteiger partial charge is 0.259 e. The number of hydrogen-bond acceptors (Lipinski definition) is 5. The summed E-state index contributed by atoms with van der Waals surface area (Å²) in [5.74, 6) is 0.809. The fourth-order valence-electron chi connectivity index (χ4n) is 3.59. The van der Waals surface area contributed by atoms with Crippen LogP contribution in [0, 0.1) is 13.8 Å². The van der Waals surface area contributed by atoms with E-state index < -0.39 is 0 Å². The molecule has 4 rings (SSSR count). The van der Waals surface area contributed by atoms with Crippen LogP contribution in [0.4, 0.5) is 0 Å². The lowest BCUT2D eigenvalue weighted by molar-refractivity contribution is 0.0622. The summed E-state index contributed by atoms with van der Waals surface area (Å²) in [6.07, 6.45) is 1.63. The summed E-state index contributed by atoms with van der Waals surface area (Å²) in [6.45, 7) is 8.32. The zero-order chi connectivity index (χ0) is 20.4. The van der Waals surface area contributed by atoms with Gasteiger partial charge in [-0.25, -0.2) is 9.50 Å². The van der Waals surface area contributed by atoms with E-state index in [1.807, 2.05) is 49.1 Å². The Morgan fingerprint density at radius 2 is 1.86 bits per heavy atom. The molecule has 152 valence electrons. The van der Waals surface area contributed by atoms with Gasteiger partial charge in [0, 0.05) is 49.1 Å². The highest BCUT2D eigenvalue weighted by molar-refractivity contribution is 6.30. The van der Waals surface area contributed by atoms with Crippen molar-refractivity contribution in [2.24, 2.45) is 0 Å². The highest BCUT2D eigenvalue weighted by atomic mass is 35.5. The van der Waals surface area contributed by atoms with Gasteiger partial charge in [0.25, 0.3) is 5.91 Å². The van der Waals surface area contributed by atoms with Crippen molar-refractivity contribution in [2.45, 2.75) is 13.8 Å². The van der Waals surface area contributed by atoms with Crippen molar-refractivity contribution in [3.63, 3.8) is 0 Å². The van der Waals surface area contributed by atoms with E-state index >= 15 is 0 Å². The van der Waals surface area contributed by atoms with Gasteiger partial charge in [0.15, 0.2) is 5.65 Å². The molecule has 0 unspecified atom stereocenters. The predicted molar refractivity (Wildman–Crippen MR) is 112 cm³/mol. The number of hydrogen-bond donors (Lipinski definition) is 0. The Labute approximate surface area is 174 Å². The summed E-state index contributed by atoms with van der Waals surface area (Å²) in [6, 6.07) is 9.33. The Hall–Kier alpha value is -2.64. The van der Waals surface area contributed by atoms with Crippen molar-refractivity contribution < 1.29 is 9.53 Å². The van der Waals surface area contributed by atoms with E-state index in [2.05, 4.69) is 15.0 Å². The van der Waals surface area contributed by atoms with Gasteiger partial charge in [0.2, 0.25) is 0 Å². The van der Waals surface area contributed by atoms with Crippen LogP contribution in [0.15, 0.2) is 36.5 Å². The third kappa shape index (κ3) is 4.36. The molecular weight excluding hydrogens is 390 g/mol. The number of rotatable bonds is 5. The normalized spacial score (nSPS) is 15.1. The van der Waals surface area contributed by atoms with Gasteiger partial charge in [-0.3, -0.25) is 9.69 Å². The van der Waals surface area contributed by atoms with Crippen LogP contribution in [0.2, 0.25) is 5.02 Å². The number of aryl methyl sites for hydroxylation is 2. The molecule has 2 aromatic heterocycles. The SMILES string of the molecule is Cc1cc(C)n2ncc(C(=O)N3CCN(CCOc4ccc(Cl)cc4)CC3)c2n1. The second-order valence-corrected chi connectivity index (χ2v) is 7.71. The summed E-state index contributed by atoms with van der Waals surface area (Å²) in [7, 11) is 0. The fraction of sp³-hybridized carbons (Fsp3) is 0.381. The number of ether oxygens (including phenoxy) is 1. The van der Waals surface area contributed by atoms with Crippen LogP contribution in [-0.4, -0.2) is 69.6 Å². The largest absolute Gasteiger partial charge is 0.492 e. The topological polar surface area (TPSA) is 63.0 Å². The number of fused-ring (bicyclic) bond motifs is 1. The number of benzene rings is 1. The van der Waals surface area contributed by atoms with Crippen molar-refractivity contribution in [1.82, 2.24) is 24.4 Å². The Morgan fingerprint density at radius 3 is 2.59 bits per heavy atom. The van der Waals surface area contributed by atoms with Crippen LogP contribution in [-0.2, 0) is 0 Å². The first kappa shape index (κ1) is 19.7. The molecule has 1 saturated heterocycles. The maximum Gasteiger partial charge on any atom is 0.259 e. The summed E-state index contributed by atoms with van der Waals surface area (Å²) in [5.41, 5.74) is 3.05. The van der Waals surface area contributed by atoms with Crippen LogP contribution >= 0.6 is 11.6 Å². The van der Waals surface area contributed by atoms with Gasteiger partial charge in [-0.15, -0.1) is 0 Å². The van der Waals surface area contributed by atoms with E-state index in [0.717, 1.165) is 36.8 Å². The summed E-state index contributed by atoms with van der Waals surface area (Å²) < 4.78 is 7.49. The molecule has 0 spiro atoms. The number of carbonyl (C=O) groups is 1. The summed E-state index contributed by atoms with van der Waals surface area (Å²) in [5, 5.41) is 5.04. The highest BCUT2D eigenvalue weighted by Crippen LogP contribution is 2.17. The van der Waals surface area contributed by atoms with Gasteiger partial charge in [-0.2, -0.15) is 5.10 Å². The number of nitrogens with zero attached hydrogens (tertiary/aromatic N) is 5. The molecule has 3 aromatic rings. The van der Waals surface area contributed by atoms with Crippen molar-refractivity contribution in [3.8, 4) is 5.75 Å². The number of amides is 1. The van der Waals surface area contributed by atoms with E-state index in [1.165, 1.54) is 0 Å². The summed E-state index contributed by atoms with van der Waals surface area (Å²) in [4.78, 5) is 21.7. The van der Waals surface area contributed by atoms with Crippen molar-refractivity contribution >= 4 is 23.2 Å². The number of piperazine rings is 1. The average Bonchev–Trinajstić information content (AvgIpc) is 3.13. The average molecular weight is 414 g/mol. The van der Waals surface area contributed by atoms with E-state index in [0.29, 0.717) is 35.9 Å². The Kier molecular flexibility index (Phi) is 5.69. The van der Waals surface area contributed by atoms with Crippen LogP contribution in [0.3, 0.4) is 0 Å². The zero-order valence-corrected chi connectivity index (χ0v) is 17.4. The molecule has 0 N–H and O–H groups in total. The number of carbonyl (C=O) groups excluding carboxylic acids is 1. The van der Waals surface area contributed by atoms with E-state index in [4.69, 9.17) is 16.3 Å². The van der Waals surface area contributed by atoms with Gasteiger partial charge < -0.3 is 9.64 Å². The molecule has 1 aromatic carbocycles. The van der Waals surface area contributed by atoms with Crippen molar-refractivity contribution in [1.29, 1.82) is 0 Å². The minimum atomic E-state index is -0.00503. The van der Waals surface area contributed by atoms with Crippen molar-refractivity contribution in [3.05, 3.63) is 58.5 Å². The van der Waals surface area contributed by atoms with Crippen molar-refractivity contribution in [2.75, 3.05) is 39.3 Å². The quantitative estimate of drug-likeness (QED) is 0.643. The Balaban J connectivity index is 1.31. The molecule has 0 saturated carbocycles. The zero-order valence-electron chi connectivity index (χ0n) is 16.6. The Bertz CT molecular complexity index is 1010. The minimum Gasteiger partial charge on any atom is -0.492 e. The molecule has 0 atom stereocenters. The maximum absolute atomic E-state index is 13.0. The molecule has 0 aliphatic carbocycles. The molecule has 3 heterocycles. The lowest BCUT2D eigenvalue weighted by atomic mass is 10.2. The highest BCUT2D eigenvalue weighted by Gasteiger charge is 2.25. The molecule has 0 bridgehead atoms. The molecule has 1 aliphatic rings. The monoisotopic (exact) mass is 413 g/mol. The Morgan fingerprint density at radius 1 is 1.14 bits per heavy atom. The van der Waals surface area contributed by atoms with Crippen LogP contribution < -0.4 is 4.74 Å². The number of halogens is 1. The molecular formula is C21H24ClN5O2. The first-order chi connectivity index (χ1) is 14.0. The van der Waals surface area contributed by atoms with Crippen LogP contribution in [0.5, 0.6) is 5.75 Å². The van der Waals surface area contributed by atoms with Gasteiger partial charge >= 0.3 is 0 Å². The third-order valence-corrected chi connectivity index (χ3v) is 5.41. The molecule has 7 nitrogen and oxygen atoms in total. The summed E-state index contributed by atoms with van der Waals surface area (Å²) >= 11 is 5.89. The fourth-order valence-corrected chi connectivity index (χ4v) is 3.72. The lowest BCUT2D eigenvalue weighted by Gasteiger charge is -2.34. The van der Waals surface area contributed by atoms with Gasteiger partial charge in [0.1, 0.15) is 17.9 Å². The van der Waals surface area contributed by atoms with Crippen LogP contribution in [0.1, 0.15) is 21.7 Å². The van der Waals surface area contributed by atoms with E-state index in [-0.39, 0.29) is 5.91 Å². The van der Waals surface area contributed by atoms with E-state index in [9.17, 15) is 4.79 Å². The molecule has 29 heavy (non-hydrogen) atoms.